The van der Waals surface area contributed by atoms with E-state index in [1.807, 2.05) is 0 Å². The number of aliphatic hydroxyl groups is 2. The van der Waals surface area contributed by atoms with Crippen molar-refractivity contribution in [2.24, 2.45) is 0 Å². The highest BCUT2D eigenvalue weighted by molar-refractivity contribution is 7.48. The highest BCUT2D eigenvalue weighted by Crippen LogP contribution is 2.52. The number of nitrogens with one attached hydrogen (secondary N) is 1. The SMILES string of the molecule is C=C1NC(=O)C=CN1[C@@H]1O[C@](CF)(COP(=O)(OCOC(=O)OC2COC2)OCc2ccccc2)[C@@H](O)[C@@]1(C)O. The number of phosphoric ester groups is 1. The maximum atomic E-state index is 14.5. The molecule has 14 nitrogen and oxygen atoms in total. The lowest BCUT2D eigenvalue weighted by Crippen LogP contribution is -2.55. The van der Waals surface area contributed by atoms with Crippen LogP contribution in [0.1, 0.15) is 12.5 Å². The van der Waals surface area contributed by atoms with E-state index in [1.54, 1.807) is 30.3 Å². The van der Waals surface area contributed by atoms with Crippen LogP contribution in [0.15, 0.2) is 55.0 Å². The molecule has 2 fully saturated rings. The lowest BCUT2D eigenvalue weighted by molar-refractivity contribution is -0.149. The third-order valence-corrected chi connectivity index (χ3v) is 7.61. The van der Waals surface area contributed by atoms with Crippen molar-refractivity contribution >= 4 is 19.9 Å². The second-order valence-corrected chi connectivity index (χ2v) is 11.0. The number of hydrogen-bond acceptors (Lipinski definition) is 13. The Kier molecular flexibility index (Phi) is 9.27. The van der Waals surface area contributed by atoms with E-state index in [0.29, 0.717) is 5.56 Å². The number of hydrogen-bond donors (Lipinski definition) is 3. The van der Waals surface area contributed by atoms with E-state index in [0.717, 1.165) is 6.08 Å². The summed E-state index contributed by atoms with van der Waals surface area (Å²) in [6, 6.07) is 8.52. The fourth-order valence-electron chi connectivity index (χ4n) is 3.99. The summed E-state index contributed by atoms with van der Waals surface area (Å²) in [5.41, 5.74) is -3.81. The first-order chi connectivity index (χ1) is 19.0. The van der Waals surface area contributed by atoms with Gasteiger partial charge in [0.2, 0.25) is 6.79 Å². The molecule has 3 N–H and O–H groups in total. The highest BCUT2D eigenvalue weighted by atomic mass is 31.2. The molecular weight excluding hydrogens is 558 g/mol. The van der Waals surface area contributed by atoms with Crippen LogP contribution in [0.4, 0.5) is 9.18 Å². The van der Waals surface area contributed by atoms with Crippen molar-refractivity contribution in [2.75, 3.05) is 33.3 Å². The second kappa shape index (κ2) is 12.3. The normalized spacial score (nSPS) is 29.9. The molecule has 4 rings (SSSR count). The average Bonchev–Trinajstić information content (AvgIpc) is 3.10. The number of benzene rings is 1. The van der Waals surface area contributed by atoms with Crippen LogP contribution in [0.5, 0.6) is 0 Å². The Morgan fingerprint density at radius 1 is 1.27 bits per heavy atom. The second-order valence-electron chi connectivity index (χ2n) is 9.35. The maximum Gasteiger partial charge on any atom is 0.510 e. The van der Waals surface area contributed by atoms with Crippen molar-refractivity contribution in [3.8, 4) is 0 Å². The molecule has 0 bridgehead atoms. The molecule has 1 aromatic rings. The van der Waals surface area contributed by atoms with Crippen LogP contribution in [0, 0.1) is 0 Å². The number of ether oxygens (including phenoxy) is 4. The molecule has 1 amide bonds. The Morgan fingerprint density at radius 2 is 2.00 bits per heavy atom. The van der Waals surface area contributed by atoms with Crippen molar-refractivity contribution in [3.63, 3.8) is 0 Å². The van der Waals surface area contributed by atoms with Crippen LogP contribution >= 0.6 is 7.82 Å². The number of carbonyl (C=O) groups excluding carboxylic acids is 2. The van der Waals surface area contributed by atoms with Crippen LogP contribution in [0.2, 0.25) is 0 Å². The zero-order valence-electron chi connectivity index (χ0n) is 21.5. The molecule has 2 saturated heterocycles. The van der Waals surface area contributed by atoms with E-state index in [4.69, 9.17) is 32.5 Å². The zero-order chi connectivity index (χ0) is 29.0. The topological polar surface area (TPSA) is 172 Å². The molecule has 3 aliphatic rings. The third-order valence-electron chi connectivity index (χ3n) is 6.30. The van der Waals surface area contributed by atoms with Crippen LogP contribution < -0.4 is 5.32 Å². The Balaban J connectivity index is 1.46. The summed E-state index contributed by atoms with van der Waals surface area (Å²) in [4.78, 5) is 24.6. The van der Waals surface area contributed by atoms with Crippen LogP contribution in [-0.2, 0) is 48.5 Å². The molecule has 5 atom stereocenters. The minimum absolute atomic E-state index is 0.00162. The van der Waals surface area contributed by atoms with Crippen molar-refractivity contribution < 1.29 is 61.3 Å². The average molecular weight is 588 g/mol. The van der Waals surface area contributed by atoms with E-state index < -0.39 is 69.6 Å². The van der Waals surface area contributed by atoms with Gasteiger partial charge in [0.05, 0.1) is 26.4 Å². The fraction of sp³-hybridized carbons (Fsp3) is 0.500. The zero-order valence-corrected chi connectivity index (χ0v) is 22.4. The van der Waals surface area contributed by atoms with Crippen LogP contribution in [0.3, 0.4) is 0 Å². The van der Waals surface area contributed by atoms with Crippen molar-refractivity contribution in [1.82, 2.24) is 10.2 Å². The first kappa shape index (κ1) is 30.1. The molecule has 1 unspecified atom stereocenters. The predicted octanol–water partition coefficient (Wildman–Crippen LogP) is 1.45. The van der Waals surface area contributed by atoms with Gasteiger partial charge in [-0.1, -0.05) is 36.9 Å². The number of halogens is 1. The van der Waals surface area contributed by atoms with Crippen molar-refractivity contribution in [2.45, 2.75) is 43.2 Å². The molecule has 1 aromatic carbocycles. The van der Waals surface area contributed by atoms with E-state index in [1.165, 1.54) is 18.0 Å². The van der Waals surface area contributed by atoms with Gasteiger partial charge in [0.1, 0.15) is 24.2 Å². The van der Waals surface area contributed by atoms with Gasteiger partial charge in [-0.3, -0.25) is 13.8 Å². The van der Waals surface area contributed by atoms with Gasteiger partial charge in [-0.2, -0.15) is 0 Å². The summed E-state index contributed by atoms with van der Waals surface area (Å²) in [5, 5.41) is 24.4. The molecule has 0 radical (unpaired) electrons. The lowest BCUT2D eigenvalue weighted by Gasteiger charge is -2.37. The predicted molar refractivity (Wildman–Crippen MR) is 131 cm³/mol. The van der Waals surface area contributed by atoms with Crippen molar-refractivity contribution in [3.05, 3.63) is 60.6 Å². The molecular formula is C24H30FN2O12P. The molecule has 40 heavy (non-hydrogen) atoms. The Hall–Kier alpha value is -2.88. The molecule has 16 heteroatoms. The molecule has 3 aliphatic heterocycles. The number of rotatable bonds is 12. The number of nitrogens with zero attached hydrogens (tertiary/aromatic N) is 1. The van der Waals surface area contributed by atoms with Gasteiger partial charge in [0.15, 0.2) is 17.9 Å². The van der Waals surface area contributed by atoms with Gasteiger partial charge in [-0.15, -0.1) is 0 Å². The minimum atomic E-state index is -4.62. The lowest BCUT2D eigenvalue weighted by atomic mass is 9.88. The van der Waals surface area contributed by atoms with Gasteiger partial charge in [-0.05, 0) is 12.5 Å². The van der Waals surface area contributed by atoms with Crippen LogP contribution in [0.25, 0.3) is 0 Å². The molecule has 0 saturated carbocycles. The molecule has 0 aromatic heterocycles. The number of amides is 1. The third kappa shape index (κ3) is 6.70. The molecule has 0 spiro atoms. The summed E-state index contributed by atoms with van der Waals surface area (Å²) in [6.07, 6.45) is -2.59. The summed E-state index contributed by atoms with van der Waals surface area (Å²) in [6.45, 7) is 1.77. The van der Waals surface area contributed by atoms with Gasteiger partial charge in [0, 0.05) is 12.3 Å². The Morgan fingerprint density at radius 3 is 2.62 bits per heavy atom. The van der Waals surface area contributed by atoms with Gasteiger partial charge in [0.25, 0.3) is 5.91 Å². The first-order valence-electron chi connectivity index (χ1n) is 12.1. The van der Waals surface area contributed by atoms with E-state index in [2.05, 4.69) is 11.9 Å². The quantitative estimate of drug-likeness (QED) is 0.182. The fourth-order valence-corrected chi connectivity index (χ4v) is 5.08. The summed E-state index contributed by atoms with van der Waals surface area (Å²) in [7, 11) is -4.62. The summed E-state index contributed by atoms with van der Waals surface area (Å²) >= 11 is 0. The van der Waals surface area contributed by atoms with Gasteiger partial charge >= 0.3 is 14.0 Å². The van der Waals surface area contributed by atoms with Gasteiger partial charge < -0.3 is 39.4 Å². The van der Waals surface area contributed by atoms with E-state index in [-0.39, 0.29) is 25.6 Å². The largest absolute Gasteiger partial charge is 0.510 e. The summed E-state index contributed by atoms with van der Waals surface area (Å²) in [5.74, 6) is -0.487. The number of carbonyl (C=O) groups is 2. The van der Waals surface area contributed by atoms with Crippen LogP contribution in [-0.4, -0.2) is 90.1 Å². The smallest absolute Gasteiger partial charge is 0.426 e. The molecule has 3 heterocycles. The van der Waals surface area contributed by atoms with E-state index in [9.17, 15) is 28.8 Å². The summed E-state index contributed by atoms with van der Waals surface area (Å²) < 4.78 is 64.2. The number of aliphatic hydroxyl groups excluding tert-OH is 1. The van der Waals surface area contributed by atoms with E-state index >= 15 is 0 Å². The van der Waals surface area contributed by atoms with Crippen molar-refractivity contribution in [1.29, 1.82) is 0 Å². The Bertz CT molecular complexity index is 1160. The number of phosphoric acid groups is 1. The van der Waals surface area contributed by atoms with Gasteiger partial charge in [-0.25, -0.2) is 18.3 Å². The molecule has 220 valence electrons. The Labute approximate surface area is 228 Å². The number of alkyl halides is 1. The standard InChI is InChI=1S/C24H30FN2O12P/c1-16-26-19(28)8-9-27(16)21-23(2,31)20(29)24(13-25,39-21)14-36-40(32,35-10-17-6-4-3-5-7-17)37-15-34-22(30)38-18-11-33-12-18/h3-9,18,20-21,29,31H,1,10-15H2,2H3,(H,26,28)/t20-,21+,23+,24+,40?/m0/s1. The minimum Gasteiger partial charge on any atom is -0.426 e. The highest BCUT2D eigenvalue weighted by Gasteiger charge is 2.63. The first-order valence-corrected chi connectivity index (χ1v) is 13.5. The molecule has 0 aliphatic carbocycles. The monoisotopic (exact) mass is 588 g/mol. The maximum absolute atomic E-state index is 14.5.